The van der Waals surface area contributed by atoms with Crippen LogP contribution in [-0.4, -0.2) is 43.5 Å². The molecule has 2 aliphatic heterocycles. The molecule has 0 unspecified atom stereocenters. The Morgan fingerprint density at radius 3 is 2.33 bits per heavy atom. The third kappa shape index (κ3) is 3.35. The van der Waals surface area contributed by atoms with Crippen LogP contribution in [0.3, 0.4) is 0 Å². The Labute approximate surface area is 178 Å². The van der Waals surface area contributed by atoms with Crippen molar-refractivity contribution in [3.8, 4) is 0 Å². The van der Waals surface area contributed by atoms with E-state index in [0.29, 0.717) is 6.54 Å². The van der Waals surface area contributed by atoms with Gasteiger partial charge in [-0.2, -0.15) is 0 Å². The molecule has 6 nitrogen and oxygen atoms in total. The molecule has 2 fully saturated rings. The molecule has 0 radical (unpaired) electrons. The van der Waals surface area contributed by atoms with Crippen molar-refractivity contribution in [3.63, 3.8) is 0 Å². The van der Waals surface area contributed by atoms with E-state index in [4.69, 9.17) is 4.84 Å². The van der Waals surface area contributed by atoms with Gasteiger partial charge in [0.1, 0.15) is 5.92 Å². The van der Waals surface area contributed by atoms with Crippen LogP contribution in [0.25, 0.3) is 0 Å². The summed E-state index contributed by atoms with van der Waals surface area (Å²) in [6, 6.07) is 15.7. The third-order valence-electron chi connectivity index (χ3n) is 6.05. The van der Waals surface area contributed by atoms with E-state index in [2.05, 4.69) is 6.92 Å². The third-order valence-corrected chi connectivity index (χ3v) is 6.05. The van der Waals surface area contributed by atoms with E-state index in [1.807, 2.05) is 74.4 Å². The fourth-order valence-corrected chi connectivity index (χ4v) is 4.34. The number of imide groups is 1. The lowest BCUT2D eigenvalue weighted by Crippen LogP contribution is -2.38. The highest BCUT2D eigenvalue weighted by Gasteiger charge is 2.59. The van der Waals surface area contributed by atoms with Crippen molar-refractivity contribution in [2.75, 3.05) is 30.6 Å². The number of para-hydroxylation sites is 1. The van der Waals surface area contributed by atoms with Crippen LogP contribution < -0.4 is 9.96 Å². The molecule has 4 rings (SSSR count). The normalized spacial score (nSPS) is 23.3. The molecule has 2 aromatic rings. The summed E-state index contributed by atoms with van der Waals surface area (Å²) in [6.07, 6.45) is 0.964. The number of carbonyl (C=O) groups is 2. The van der Waals surface area contributed by atoms with E-state index in [9.17, 15) is 9.59 Å². The van der Waals surface area contributed by atoms with Crippen LogP contribution in [0.5, 0.6) is 0 Å². The summed E-state index contributed by atoms with van der Waals surface area (Å²) in [4.78, 5) is 36.0. The number of carbonyl (C=O) groups excluding carboxylic acids is 2. The first-order chi connectivity index (χ1) is 14.4. The number of rotatable bonds is 6. The van der Waals surface area contributed by atoms with Gasteiger partial charge in [0.2, 0.25) is 5.91 Å². The maximum absolute atomic E-state index is 13.3. The smallest absolute Gasteiger partial charge is 0.261 e. The second-order valence-electron chi connectivity index (χ2n) is 8.28. The Balaban J connectivity index is 1.75. The summed E-state index contributed by atoms with van der Waals surface area (Å²) in [7, 11) is 3.99. The number of unbranched alkanes of at least 4 members (excludes halogenated alkanes) is 1. The van der Waals surface area contributed by atoms with Crippen molar-refractivity contribution in [1.29, 1.82) is 0 Å². The molecule has 2 saturated heterocycles. The van der Waals surface area contributed by atoms with E-state index in [1.165, 1.54) is 4.90 Å². The van der Waals surface area contributed by atoms with Gasteiger partial charge in [-0.25, -0.2) is 5.06 Å². The number of benzene rings is 2. The van der Waals surface area contributed by atoms with Gasteiger partial charge in [-0.3, -0.25) is 19.3 Å². The number of hydrogen-bond donors (Lipinski definition) is 0. The van der Waals surface area contributed by atoms with Gasteiger partial charge in [-0.1, -0.05) is 43.7 Å². The van der Waals surface area contributed by atoms with E-state index in [-0.39, 0.29) is 17.9 Å². The van der Waals surface area contributed by atoms with E-state index in [1.54, 1.807) is 5.06 Å². The quantitative estimate of drug-likeness (QED) is 0.684. The molecule has 2 heterocycles. The molecule has 6 heteroatoms. The summed E-state index contributed by atoms with van der Waals surface area (Å²) in [5.74, 6) is -0.889. The zero-order valence-corrected chi connectivity index (χ0v) is 18.0. The van der Waals surface area contributed by atoms with Gasteiger partial charge in [0.15, 0.2) is 6.10 Å². The molecule has 0 aromatic heterocycles. The average Bonchev–Trinajstić information content (AvgIpc) is 3.23. The van der Waals surface area contributed by atoms with Crippen LogP contribution in [0.4, 0.5) is 11.4 Å². The van der Waals surface area contributed by atoms with E-state index >= 15 is 0 Å². The predicted octanol–water partition coefficient (Wildman–Crippen LogP) is 3.71. The Hall–Kier alpha value is -2.86. The second kappa shape index (κ2) is 8.11. The molecule has 0 aliphatic carbocycles. The fraction of sp³-hybridized carbons (Fsp3) is 0.417. The molecule has 2 aliphatic rings. The molecule has 0 bridgehead atoms. The Kier molecular flexibility index (Phi) is 5.52. The van der Waals surface area contributed by atoms with Gasteiger partial charge in [-0.05, 0) is 42.7 Å². The van der Waals surface area contributed by atoms with Crippen LogP contribution in [0.15, 0.2) is 48.5 Å². The zero-order valence-electron chi connectivity index (χ0n) is 18.0. The summed E-state index contributed by atoms with van der Waals surface area (Å²) in [6.45, 7) is 4.52. The van der Waals surface area contributed by atoms with Gasteiger partial charge >= 0.3 is 0 Å². The van der Waals surface area contributed by atoms with Crippen LogP contribution in [0.1, 0.15) is 36.9 Å². The molecule has 2 aromatic carbocycles. The Morgan fingerprint density at radius 1 is 1.00 bits per heavy atom. The maximum atomic E-state index is 13.3. The SMILES string of the molecule is CCCCN1C(=O)[C@H]2[C@H](ON(c3ccccc3C)[C@H]2c2ccc(N(C)C)cc2)C1=O. The number of hydroxylamine groups is 1. The molecule has 158 valence electrons. The maximum Gasteiger partial charge on any atom is 0.261 e. The van der Waals surface area contributed by atoms with Gasteiger partial charge in [-0.15, -0.1) is 0 Å². The first-order valence-corrected chi connectivity index (χ1v) is 10.6. The molecular formula is C24H29N3O3. The molecule has 2 amide bonds. The highest BCUT2D eigenvalue weighted by Crippen LogP contribution is 2.47. The van der Waals surface area contributed by atoms with Crippen molar-refractivity contribution in [2.45, 2.75) is 38.8 Å². The summed E-state index contributed by atoms with van der Waals surface area (Å²) in [5, 5.41) is 1.78. The number of anilines is 2. The van der Waals surface area contributed by atoms with Crippen molar-refractivity contribution in [3.05, 3.63) is 59.7 Å². The first-order valence-electron chi connectivity index (χ1n) is 10.6. The highest BCUT2D eigenvalue weighted by molar-refractivity contribution is 6.07. The van der Waals surface area contributed by atoms with Gasteiger partial charge in [0, 0.05) is 26.3 Å². The number of amides is 2. The number of fused-ring (bicyclic) bond motifs is 1. The second-order valence-corrected chi connectivity index (χ2v) is 8.28. The summed E-state index contributed by atoms with van der Waals surface area (Å²) < 4.78 is 0. The lowest BCUT2D eigenvalue weighted by Gasteiger charge is -2.30. The molecule has 3 atom stereocenters. The fourth-order valence-electron chi connectivity index (χ4n) is 4.34. The Bertz CT molecular complexity index is 941. The average molecular weight is 408 g/mol. The van der Waals surface area contributed by atoms with Gasteiger partial charge in [0.05, 0.1) is 11.7 Å². The summed E-state index contributed by atoms with van der Waals surface area (Å²) >= 11 is 0. The topological polar surface area (TPSA) is 53.1 Å². The minimum Gasteiger partial charge on any atom is -0.378 e. The first kappa shape index (κ1) is 20.4. The standard InChI is InChI=1S/C24H29N3O3/c1-5-6-15-26-23(28)20-21(17-11-13-18(14-12-17)25(3)4)27(30-22(20)24(26)29)19-10-8-7-9-16(19)2/h7-14,20-22H,5-6,15H2,1-4H3/t20-,21+,22+/m1/s1. The molecule has 30 heavy (non-hydrogen) atoms. The van der Waals surface area contributed by atoms with Gasteiger partial charge in [0.25, 0.3) is 5.91 Å². The number of likely N-dealkylation sites (tertiary alicyclic amines) is 1. The number of hydrogen-bond acceptors (Lipinski definition) is 5. The van der Waals surface area contributed by atoms with Crippen LogP contribution in [0, 0.1) is 12.8 Å². The number of nitrogens with zero attached hydrogens (tertiary/aromatic N) is 3. The predicted molar refractivity (Wildman–Crippen MR) is 117 cm³/mol. The molecular weight excluding hydrogens is 378 g/mol. The van der Waals surface area contributed by atoms with E-state index < -0.39 is 12.0 Å². The van der Waals surface area contributed by atoms with Crippen LogP contribution in [-0.2, 0) is 14.4 Å². The highest BCUT2D eigenvalue weighted by atomic mass is 16.7. The largest absolute Gasteiger partial charge is 0.378 e. The minimum atomic E-state index is -0.771. The lowest BCUT2D eigenvalue weighted by molar-refractivity contribution is -0.143. The van der Waals surface area contributed by atoms with Crippen molar-refractivity contribution in [2.24, 2.45) is 5.92 Å². The van der Waals surface area contributed by atoms with Crippen LogP contribution in [0.2, 0.25) is 0 Å². The van der Waals surface area contributed by atoms with Crippen molar-refractivity contribution < 1.29 is 14.4 Å². The zero-order chi connectivity index (χ0) is 21.4. The molecule has 0 N–H and O–H groups in total. The summed E-state index contributed by atoms with van der Waals surface area (Å²) in [5.41, 5.74) is 3.97. The molecule has 0 spiro atoms. The Morgan fingerprint density at radius 2 is 1.70 bits per heavy atom. The van der Waals surface area contributed by atoms with Crippen LogP contribution >= 0.6 is 0 Å². The molecule has 0 saturated carbocycles. The number of aryl methyl sites for hydroxylation is 1. The van der Waals surface area contributed by atoms with Gasteiger partial charge < -0.3 is 4.90 Å². The monoisotopic (exact) mass is 407 g/mol. The minimum absolute atomic E-state index is 0.128. The van der Waals surface area contributed by atoms with Crippen molar-refractivity contribution >= 4 is 23.2 Å². The van der Waals surface area contributed by atoms with Crippen molar-refractivity contribution in [1.82, 2.24) is 4.90 Å². The van der Waals surface area contributed by atoms with E-state index in [0.717, 1.165) is 35.3 Å². The lowest BCUT2D eigenvalue weighted by atomic mass is 9.90.